The average Bonchev–Trinajstić information content (AvgIpc) is 4.40. The van der Waals surface area contributed by atoms with E-state index in [4.69, 9.17) is 19.7 Å². The van der Waals surface area contributed by atoms with Crippen molar-refractivity contribution in [1.82, 2.24) is 44.9 Å². The van der Waals surface area contributed by atoms with Crippen molar-refractivity contribution in [2.45, 2.75) is 173 Å². The zero-order valence-corrected chi connectivity index (χ0v) is 47.6. The third-order valence-electron chi connectivity index (χ3n) is 16.9. The minimum absolute atomic E-state index is 0.0257. The van der Waals surface area contributed by atoms with Gasteiger partial charge in [0.25, 0.3) is 5.56 Å². The molecule has 3 amide bonds. The molecular formula is C61H80N10O7S. The van der Waals surface area contributed by atoms with Gasteiger partial charge >= 0.3 is 0 Å². The maximum Gasteiger partial charge on any atom is 0.263 e. The number of nitrogens with one attached hydrogen (secondary N) is 2. The molecule has 2 N–H and O–H groups in total. The van der Waals surface area contributed by atoms with Crippen molar-refractivity contribution in [2.75, 3.05) is 51.3 Å². The Morgan fingerprint density at radius 3 is 2.27 bits per heavy atom. The normalized spacial score (nSPS) is 18.0. The van der Waals surface area contributed by atoms with Crippen molar-refractivity contribution < 1.29 is 28.7 Å². The molecule has 1 aromatic carbocycles. The van der Waals surface area contributed by atoms with E-state index in [0.29, 0.717) is 73.1 Å². The van der Waals surface area contributed by atoms with Crippen molar-refractivity contribution in [3.8, 4) is 5.75 Å². The molecule has 2 saturated carbocycles. The summed E-state index contributed by atoms with van der Waals surface area (Å²) in [5, 5.41) is 9.37. The van der Waals surface area contributed by atoms with Gasteiger partial charge in [0.05, 0.1) is 42.6 Å². The largest absolute Gasteiger partial charge is 0.494 e. The molecule has 0 spiro atoms. The van der Waals surface area contributed by atoms with Crippen LogP contribution in [-0.4, -0.2) is 122 Å². The first kappa shape index (κ1) is 57.3. The fourth-order valence-electron chi connectivity index (χ4n) is 12.2. The van der Waals surface area contributed by atoms with Gasteiger partial charge < -0.3 is 30.1 Å². The number of likely N-dealkylation sites (N-methyl/N-ethyl adjacent to an activating group) is 1. The third-order valence-corrected chi connectivity index (χ3v) is 17.9. The minimum Gasteiger partial charge on any atom is -0.494 e. The lowest BCUT2D eigenvalue weighted by Gasteiger charge is -2.36. The van der Waals surface area contributed by atoms with E-state index in [1.165, 1.54) is 18.3 Å². The Bertz CT molecular complexity index is 2990. The number of piperazine rings is 1. The topological polar surface area (TPSA) is 202 Å². The third kappa shape index (κ3) is 14.0. The molecule has 4 fully saturated rings. The van der Waals surface area contributed by atoms with Gasteiger partial charge in [-0.25, -0.2) is 15.0 Å². The van der Waals surface area contributed by atoms with Crippen molar-refractivity contribution in [3.05, 3.63) is 103 Å². The van der Waals surface area contributed by atoms with Gasteiger partial charge in [-0.1, -0.05) is 76.3 Å². The summed E-state index contributed by atoms with van der Waals surface area (Å²) in [5.74, 6) is 0.927. The van der Waals surface area contributed by atoms with Crippen LogP contribution in [0.25, 0.3) is 11.0 Å². The lowest BCUT2D eigenvalue weighted by atomic mass is 9.83. The molecule has 79 heavy (non-hydrogen) atoms. The number of carbonyl (C=O) groups excluding carboxylic acids is 5. The van der Waals surface area contributed by atoms with Crippen LogP contribution in [0.15, 0.2) is 59.0 Å². The summed E-state index contributed by atoms with van der Waals surface area (Å²) < 4.78 is 7.84. The highest BCUT2D eigenvalue weighted by Crippen LogP contribution is 2.37. The maximum atomic E-state index is 14.2. The molecule has 3 atom stereocenters. The van der Waals surface area contributed by atoms with E-state index in [1.807, 2.05) is 34.2 Å². The molecule has 6 heterocycles. The molecule has 17 nitrogen and oxygen atoms in total. The Morgan fingerprint density at radius 1 is 0.810 bits per heavy atom. The highest BCUT2D eigenvalue weighted by atomic mass is 32.1. The number of carbonyl (C=O) groups is 5. The average molecular weight is 1100 g/mol. The van der Waals surface area contributed by atoms with E-state index in [1.54, 1.807) is 49.2 Å². The molecular weight excluding hydrogens is 1020 g/mol. The van der Waals surface area contributed by atoms with Gasteiger partial charge in [-0.3, -0.25) is 38.3 Å². The number of hydrogen-bond acceptors (Lipinski definition) is 14. The Labute approximate surface area is 468 Å². The van der Waals surface area contributed by atoms with Gasteiger partial charge in [-0.15, -0.1) is 11.3 Å². The summed E-state index contributed by atoms with van der Waals surface area (Å²) in [5.41, 5.74) is 3.91. The number of fused-ring (bicyclic) bond motifs is 1. The number of ether oxygens (including phenoxy) is 1. The van der Waals surface area contributed by atoms with E-state index in [-0.39, 0.29) is 58.4 Å². The second-order valence-electron chi connectivity index (χ2n) is 22.3. The van der Waals surface area contributed by atoms with Crippen LogP contribution in [0.3, 0.4) is 0 Å². The second-order valence-corrected chi connectivity index (χ2v) is 23.2. The smallest absolute Gasteiger partial charge is 0.263 e. The second kappa shape index (κ2) is 27.2. The monoisotopic (exact) mass is 1100 g/mol. The summed E-state index contributed by atoms with van der Waals surface area (Å²) in [6.45, 7) is 9.07. The van der Waals surface area contributed by atoms with Crippen molar-refractivity contribution in [2.24, 2.45) is 5.92 Å². The summed E-state index contributed by atoms with van der Waals surface area (Å²) in [6, 6.07) is 10.2. The van der Waals surface area contributed by atoms with Crippen LogP contribution in [0.4, 0.5) is 5.69 Å². The van der Waals surface area contributed by atoms with Crippen molar-refractivity contribution in [1.29, 1.82) is 0 Å². The van der Waals surface area contributed by atoms with Gasteiger partial charge in [-0.2, -0.15) is 0 Å². The molecule has 18 heteroatoms. The molecule has 4 aliphatic rings. The molecule has 2 aliphatic carbocycles. The molecule has 422 valence electrons. The molecule has 5 aromatic rings. The SMILES string of the molecule is CN[C@@H](C)C(=O)N[C@H](C(=O)N1CCC[C@H]1c1nc(C(=O)c2cccc(OCCCCCCCCCC(=O)N3CCN(c4ccc(Cc5ncc6c(C)c(C(C)=O)c(=O)n(C7CCCC7)c6n5)nc4)CC3)c2)cs1)C1CCCCC1. The van der Waals surface area contributed by atoms with Crippen LogP contribution >= 0.6 is 11.3 Å². The van der Waals surface area contributed by atoms with Crippen LogP contribution in [-0.2, 0) is 20.8 Å². The standard InChI is InChI=1S/C61H80N10O7S/c1-40-49-38-64-52(66-57(49)71(46-22-14-15-23-46)60(76)54(40)42(3)72)36-45-27-28-47(37-63-45)68-30-32-69(33-31-68)53(73)26-13-8-6-5-7-9-16-34-78-48-24-17-21-44(35-48)56(74)50-39-79-59(65-50)51-25-18-29-70(51)61(77)55(43-19-11-10-12-20-43)67-58(75)41(2)62-4/h17,21,24,27-28,35,37-39,41,43,46,51,55,62H,5-16,18-20,22-23,25-26,29-34,36H2,1-4H3,(H,67,75)/t41-,51-,55-/m0/s1. The highest BCUT2D eigenvalue weighted by Gasteiger charge is 2.40. The Balaban J connectivity index is 0.650. The van der Waals surface area contributed by atoms with Gasteiger partial charge in [0.1, 0.15) is 34.0 Å². The zero-order chi connectivity index (χ0) is 55.4. The number of amides is 3. The Morgan fingerprint density at radius 2 is 1.54 bits per heavy atom. The number of nitrogens with zero attached hydrogens (tertiary/aromatic N) is 8. The van der Waals surface area contributed by atoms with E-state index >= 15 is 0 Å². The van der Waals surface area contributed by atoms with Crippen molar-refractivity contribution in [3.63, 3.8) is 0 Å². The number of likely N-dealkylation sites (tertiary alicyclic amines) is 1. The zero-order valence-electron chi connectivity index (χ0n) is 46.8. The van der Waals surface area contributed by atoms with Crippen LogP contribution in [0.1, 0.15) is 196 Å². The van der Waals surface area contributed by atoms with Gasteiger partial charge in [0.15, 0.2) is 5.78 Å². The fraction of sp³-hybridized carbons (Fsp3) is 0.574. The van der Waals surface area contributed by atoms with E-state index in [0.717, 1.165) is 150 Å². The Kier molecular flexibility index (Phi) is 19.7. The number of aromatic nitrogens is 5. The summed E-state index contributed by atoms with van der Waals surface area (Å²) >= 11 is 1.42. The number of rotatable bonds is 24. The van der Waals surface area contributed by atoms with Gasteiger partial charge in [-0.05, 0) is 115 Å². The van der Waals surface area contributed by atoms with E-state index in [9.17, 15) is 28.8 Å². The van der Waals surface area contributed by atoms with Gasteiger partial charge in [0.2, 0.25) is 23.5 Å². The van der Waals surface area contributed by atoms with E-state index in [2.05, 4.69) is 26.6 Å². The molecule has 2 saturated heterocycles. The molecule has 0 radical (unpaired) electrons. The first-order valence-corrected chi connectivity index (χ1v) is 30.2. The number of pyridine rings is 2. The number of anilines is 1. The fourth-order valence-corrected chi connectivity index (χ4v) is 13.2. The molecule has 0 unspecified atom stereocenters. The summed E-state index contributed by atoms with van der Waals surface area (Å²) in [6.07, 6.45) is 22.4. The summed E-state index contributed by atoms with van der Waals surface area (Å²) in [4.78, 5) is 106. The van der Waals surface area contributed by atoms with Gasteiger partial charge in [0, 0.05) is 73.4 Å². The predicted molar refractivity (Wildman–Crippen MR) is 307 cm³/mol. The number of ketones is 2. The lowest BCUT2D eigenvalue weighted by molar-refractivity contribution is -0.139. The lowest BCUT2D eigenvalue weighted by Crippen LogP contribution is -2.55. The minimum atomic E-state index is -0.572. The first-order chi connectivity index (χ1) is 38.4. The molecule has 4 aromatic heterocycles. The van der Waals surface area contributed by atoms with Crippen molar-refractivity contribution >= 4 is 57.3 Å². The first-order valence-electron chi connectivity index (χ1n) is 29.3. The van der Waals surface area contributed by atoms with Crippen LogP contribution in [0, 0.1) is 12.8 Å². The summed E-state index contributed by atoms with van der Waals surface area (Å²) in [7, 11) is 1.74. The number of unbranched alkanes of at least 4 members (excludes halogenated alkanes) is 6. The number of hydrogen-bond donors (Lipinski definition) is 2. The predicted octanol–water partition coefficient (Wildman–Crippen LogP) is 9.28. The van der Waals surface area contributed by atoms with Crippen LogP contribution in [0.2, 0.25) is 0 Å². The highest BCUT2D eigenvalue weighted by molar-refractivity contribution is 7.10. The number of aryl methyl sites for hydroxylation is 1. The molecule has 2 aliphatic heterocycles. The van der Waals surface area contributed by atoms with E-state index < -0.39 is 12.1 Å². The number of benzene rings is 1. The molecule has 0 bridgehead atoms. The maximum absolute atomic E-state index is 14.2. The number of Topliss-reactive ketones (excluding diaryl/α,β-unsaturated/α-hetero) is 1. The Hall–Kier alpha value is -6.40. The van der Waals surface area contributed by atoms with Crippen LogP contribution in [0.5, 0.6) is 5.75 Å². The molecule has 9 rings (SSSR count). The number of thiazole rings is 1. The van der Waals surface area contributed by atoms with Crippen LogP contribution < -0.4 is 25.8 Å². The quantitative estimate of drug-likeness (QED) is 0.0438.